The topological polar surface area (TPSA) is 29.5 Å². The lowest BCUT2D eigenvalue weighted by atomic mass is 10.3. The maximum Gasteiger partial charge on any atom is 0.410 e. The third-order valence-corrected chi connectivity index (χ3v) is 1.89. The Morgan fingerprint density at radius 2 is 2.33 bits per heavy atom. The van der Waals surface area contributed by atoms with E-state index in [4.69, 9.17) is 4.74 Å². The Morgan fingerprint density at radius 1 is 1.67 bits per heavy atom. The first-order valence-corrected chi connectivity index (χ1v) is 4.25. The van der Waals surface area contributed by atoms with E-state index in [0.29, 0.717) is 6.54 Å². The van der Waals surface area contributed by atoms with Gasteiger partial charge in [0.1, 0.15) is 6.10 Å². The van der Waals surface area contributed by atoms with Crippen LogP contribution in [0.3, 0.4) is 0 Å². The third-order valence-electron chi connectivity index (χ3n) is 1.89. The maximum atomic E-state index is 11.2. The number of allylic oxidation sites excluding steroid dienone is 1. The molecule has 0 radical (unpaired) electrons. The molecule has 0 aliphatic carbocycles. The average Bonchev–Trinajstić information content (AvgIpc) is 2.32. The second-order valence-electron chi connectivity index (χ2n) is 3.19. The van der Waals surface area contributed by atoms with Gasteiger partial charge in [-0.25, -0.2) is 4.79 Å². The predicted molar refractivity (Wildman–Crippen MR) is 46.9 cm³/mol. The molecule has 12 heavy (non-hydrogen) atoms. The van der Waals surface area contributed by atoms with E-state index in [9.17, 15) is 4.79 Å². The molecule has 1 fully saturated rings. The van der Waals surface area contributed by atoms with Crippen LogP contribution in [0.1, 0.15) is 20.8 Å². The van der Waals surface area contributed by atoms with Crippen molar-refractivity contribution in [3.05, 3.63) is 12.2 Å². The molecule has 0 bridgehead atoms. The van der Waals surface area contributed by atoms with Gasteiger partial charge in [0.2, 0.25) is 0 Å². The molecule has 0 N–H and O–H groups in total. The van der Waals surface area contributed by atoms with Crippen molar-refractivity contribution < 1.29 is 9.53 Å². The summed E-state index contributed by atoms with van der Waals surface area (Å²) in [7, 11) is 0. The second kappa shape index (κ2) is 3.61. The number of hydrogen-bond acceptors (Lipinski definition) is 2. The lowest BCUT2D eigenvalue weighted by Crippen LogP contribution is -2.31. The van der Waals surface area contributed by atoms with E-state index in [1.807, 2.05) is 32.9 Å². The van der Waals surface area contributed by atoms with Crippen LogP contribution in [0.25, 0.3) is 0 Å². The van der Waals surface area contributed by atoms with Gasteiger partial charge < -0.3 is 9.64 Å². The zero-order valence-electron chi connectivity index (χ0n) is 7.78. The lowest BCUT2D eigenvalue weighted by Gasteiger charge is -2.16. The van der Waals surface area contributed by atoms with Gasteiger partial charge in [-0.1, -0.05) is 6.08 Å². The fraction of sp³-hybridized carbons (Fsp3) is 0.667. The second-order valence-corrected chi connectivity index (χ2v) is 3.19. The molecule has 3 nitrogen and oxygen atoms in total. The van der Waals surface area contributed by atoms with Crippen molar-refractivity contribution in [3.63, 3.8) is 0 Å². The van der Waals surface area contributed by atoms with E-state index < -0.39 is 0 Å². The van der Waals surface area contributed by atoms with Crippen molar-refractivity contribution >= 4 is 6.09 Å². The molecular formula is C9H15NO2. The van der Waals surface area contributed by atoms with Gasteiger partial charge >= 0.3 is 6.09 Å². The minimum absolute atomic E-state index is 0.0510. The van der Waals surface area contributed by atoms with Crippen LogP contribution in [0.2, 0.25) is 0 Å². The molecule has 3 heteroatoms. The van der Waals surface area contributed by atoms with Gasteiger partial charge in [-0.05, 0) is 26.8 Å². The summed E-state index contributed by atoms with van der Waals surface area (Å²) in [5.41, 5.74) is 0. The Labute approximate surface area is 73.0 Å². The fourth-order valence-electron chi connectivity index (χ4n) is 1.24. The monoisotopic (exact) mass is 169 g/mol. The van der Waals surface area contributed by atoms with Gasteiger partial charge in [-0.3, -0.25) is 0 Å². The van der Waals surface area contributed by atoms with E-state index in [2.05, 4.69) is 0 Å². The smallest absolute Gasteiger partial charge is 0.410 e. The highest BCUT2D eigenvalue weighted by Crippen LogP contribution is 2.14. The number of hydrogen-bond donors (Lipinski definition) is 0. The largest absolute Gasteiger partial charge is 0.440 e. The van der Waals surface area contributed by atoms with Crippen molar-refractivity contribution in [2.45, 2.75) is 32.9 Å². The Hall–Kier alpha value is -0.990. The van der Waals surface area contributed by atoms with E-state index in [0.717, 1.165) is 0 Å². The van der Waals surface area contributed by atoms with Crippen molar-refractivity contribution in [2.24, 2.45) is 0 Å². The number of carbonyl (C=O) groups is 1. The summed E-state index contributed by atoms with van der Waals surface area (Å²) in [6, 6.07) is 0.229. The van der Waals surface area contributed by atoms with Gasteiger partial charge in [0.25, 0.3) is 0 Å². The molecule has 0 saturated carbocycles. The van der Waals surface area contributed by atoms with Crippen LogP contribution in [0, 0.1) is 0 Å². The van der Waals surface area contributed by atoms with Gasteiger partial charge in [-0.15, -0.1) is 0 Å². The quantitative estimate of drug-likeness (QED) is 0.590. The molecule has 0 aromatic carbocycles. The molecule has 0 aromatic heterocycles. The van der Waals surface area contributed by atoms with Crippen LogP contribution in [0.5, 0.6) is 0 Å². The zero-order valence-corrected chi connectivity index (χ0v) is 7.78. The number of amides is 1. The summed E-state index contributed by atoms with van der Waals surface area (Å²) in [6.07, 6.45) is 3.56. The normalized spacial score (nSPS) is 24.2. The minimum Gasteiger partial charge on any atom is -0.440 e. The first kappa shape index (κ1) is 9.10. The van der Waals surface area contributed by atoms with E-state index in [1.54, 1.807) is 4.90 Å². The number of nitrogens with zero attached hydrogens (tertiary/aromatic N) is 1. The Morgan fingerprint density at radius 3 is 2.75 bits per heavy atom. The van der Waals surface area contributed by atoms with Crippen LogP contribution < -0.4 is 0 Å². The van der Waals surface area contributed by atoms with Gasteiger partial charge in [-0.2, -0.15) is 0 Å². The number of ether oxygens (including phenoxy) is 1. The van der Waals surface area contributed by atoms with Crippen LogP contribution in [0.4, 0.5) is 4.79 Å². The third kappa shape index (κ3) is 1.78. The summed E-state index contributed by atoms with van der Waals surface area (Å²) in [4.78, 5) is 12.9. The summed E-state index contributed by atoms with van der Waals surface area (Å²) in [6.45, 7) is 6.57. The van der Waals surface area contributed by atoms with Gasteiger partial charge in [0, 0.05) is 6.04 Å². The highest BCUT2D eigenvalue weighted by atomic mass is 16.6. The van der Waals surface area contributed by atoms with Crippen molar-refractivity contribution in [3.8, 4) is 0 Å². The number of rotatable bonds is 2. The Bertz CT molecular complexity index is 199. The predicted octanol–water partition coefficient (Wildman–Crippen LogP) is 1.79. The Balaban J connectivity index is 2.56. The first-order chi connectivity index (χ1) is 5.65. The summed E-state index contributed by atoms with van der Waals surface area (Å²) in [5, 5.41) is 0. The van der Waals surface area contributed by atoms with Crippen molar-refractivity contribution in [1.29, 1.82) is 0 Å². The Kier molecular flexibility index (Phi) is 2.74. The molecule has 1 rings (SSSR count). The highest BCUT2D eigenvalue weighted by Gasteiger charge is 2.30. The van der Waals surface area contributed by atoms with Crippen molar-refractivity contribution in [1.82, 2.24) is 4.90 Å². The van der Waals surface area contributed by atoms with Crippen LogP contribution in [-0.2, 0) is 4.74 Å². The summed E-state index contributed by atoms with van der Waals surface area (Å²) in [5.74, 6) is 0. The lowest BCUT2D eigenvalue weighted by molar-refractivity contribution is 0.141. The van der Waals surface area contributed by atoms with Crippen LogP contribution >= 0.6 is 0 Å². The molecule has 1 amide bonds. The summed E-state index contributed by atoms with van der Waals surface area (Å²) < 4.78 is 5.08. The highest BCUT2D eigenvalue weighted by molar-refractivity contribution is 5.70. The van der Waals surface area contributed by atoms with E-state index in [1.165, 1.54) is 0 Å². The van der Waals surface area contributed by atoms with Crippen LogP contribution in [0.15, 0.2) is 12.2 Å². The van der Waals surface area contributed by atoms with Crippen LogP contribution in [-0.4, -0.2) is 29.7 Å². The first-order valence-electron chi connectivity index (χ1n) is 4.25. The molecular weight excluding hydrogens is 154 g/mol. The minimum atomic E-state index is -0.201. The fourth-order valence-corrected chi connectivity index (χ4v) is 1.24. The molecule has 1 saturated heterocycles. The molecule has 0 spiro atoms. The summed E-state index contributed by atoms with van der Waals surface area (Å²) >= 11 is 0. The number of carbonyl (C=O) groups excluding carboxylic acids is 1. The SMILES string of the molecule is CC=C[C@H]1CN(C(C)C)C(=O)O1. The average molecular weight is 169 g/mol. The maximum absolute atomic E-state index is 11.2. The number of cyclic esters (lactones) is 1. The molecule has 1 atom stereocenters. The molecule has 68 valence electrons. The standard InChI is InChI=1S/C9H15NO2/c1-4-5-8-6-10(7(2)3)9(11)12-8/h4-5,7-8H,6H2,1-3H3/t8-/m0/s1. The van der Waals surface area contributed by atoms with E-state index in [-0.39, 0.29) is 18.2 Å². The molecule has 1 aliphatic rings. The van der Waals surface area contributed by atoms with Crippen molar-refractivity contribution in [2.75, 3.05) is 6.54 Å². The molecule has 0 aromatic rings. The molecule has 1 heterocycles. The zero-order chi connectivity index (χ0) is 9.14. The molecule has 0 unspecified atom stereocenters. The molecule has 1 aliphatic heterocycles. The van der Waals surface area contributed by atoms with Gasteiger partial charge in [0.05, 0.1) is 6.54 Å². The van der Waals surface area contributed by atoms with Gasteiger partial charge in [0.15, 0.2) is 0 Å². The van der Waals surface area contributed by atoms with E-state index >= 15 is 0 Å².